The highest BCUT2D eigenvalue weighted by Crippen LogP contribution is 2.38. The van der Waals surface area contributed by atoms with E-state index >= 15 is 0 Å². The number of hydrogen-bond acceptors (Lipinski definition) is 4. The molecule has 0 N–H and O–H groups in total. The van der Waals surface area contributed by atoms with Crippen molar-refractivity contribution in [1.82, 2.24) is 0 Å². The molecule has 0 aliphatic rings. The maximum Gasteiger partial charge on any atom is 0.305 e. The number of hydrogen-bond donors (Lipinski definition) is 0. The van der Waals surface area contributed by atoms with Crippen molar-refractivity contribution in [3.05, 3.63) is 96.6 Å². The normalized spacial score (nSPS) is 10.8. The predicted octanol–water partition coefficient (Wildman–Crippen LogP) is 7.24. The van der Waals surface area contributed by atoms with E-state index in [4.69, 9.17) is 4.74 Å². The van der Waals surface area contributed by atoms with Gasteiger partial charge in [0, 0.05) is 16.2 Å². The van der Waals surface area contributed by atoms with Crippen LogP contribution in [0.1, 0.15) is 31.2 Å². The van der Waals surface area contributed by atoms with E-state index in [0.717, 1.165) is 25.7 Å². The second-order valence-electron chi connectivity index (χ2n) is 6.99. The number of rotatable bonds is 12. The molecule has 0 heterocycles. The van der Waals surface area contributed by atoms with Gasteiger partial charge in [-0.25, -0.2) is 0 Å². The largest absolute Gasteiger partial charge is 0.466 e. The molecule has 0 aliphatic heterocycles. The molecule has 4 heteroatoms. The fraction of sp³-hybridized carbons (Fsp3) is 0.269. The minimum Gasteiger partial charge on any atom is -0.466 e. The van der Waals surface area contributed by atoms with Crippen LogP contribution in [0.3, 0.4) is 0 Å². The van der Waals surface area contributed by atoms with Gasteiger partial charge < -0.3 is 4.74 Å². The highest BCUT2D eigenvalue weighted by molar-refractivity contribution is 8.17. The van der Waals surface area contributed by atoms with Crippen LogP contribution in [0.25, 0.3) is 0 Å². The highest BCUT2D eigenvalue weighted by Gasteiger charge is 2.13. The Balaban J connectivity index is 1.39. The standard InChI is InChI=1S/C26H28O2S2/c27-25(19-10-14-22-12-4-1-5-13-22)28-21-11-20-26(29-23-15-6-2-7-16-23)30-24-17-8-3-9-18-24/h1-9,12-13,15-18,26H,10-11,14,19-21H2. The number of aryl methyl sites for hydroxylation is 1. The molecule has 0 saturated carbocycles. The van der Waals surface area contributed by atoms with Gasteiger partial charge in [-0.2, -0.15) is 0 Å². The third kappa shape index (κ3) is 8.68. The summed E-state index contributed by atoms with van der Waals surface area (Å²) in [5.74, 6) is -0.0890. The van der Waals surface area contributed by atoms with E-state index in [1.165, 1.54) is 15.4 Å². The molecule has 0 unspecified atom stereocenters. The quantitative estimate of drug-likeness (QED) is 0.129. The smallest absolute Gasteiger partial charge is 0.305 e. The summed E-state index contributed by atoms with van der Waals surface area (Å²) in [6, 6.07) is 31.2. The molecule has 3 aromatic carbocycles. The van der Waals surface area contributed by atoms with E-state index in [0.29, 0.717) is 17.6 Å². The summed E-state index contributed by atoms with van der Waals surface area (Å²) in [6.07, 6.45) is 4.08. The van der Waals surface area contributed by atoms with Gasteiger partial charge in [0.05, 0.1) is 11.2 Å². The molecule has 0 aliphatic carbocycles. The molecule has 0 bridgehead atoms. The van der Waals surface area contributed by atoms with Gasteiger partial charge in [-0.1, -0.05) is 66.7 Å². The van der Waals surface area contributed by atoms with Gasteiger partial charge in [0.1, 0.15) is 0 Å². The molecule has 30 heavy (non-hydrogen) atoms. The lowest BCUT2D eigenvalue weighted by molar-refractivity contribution is -0.143. The van der Waals surface area contributed by atoms with Crippen molar-refractivity contribution in [3.8, 4) is 0 Å². The number of benzene rings is 3. The van der Waals surface area contributed by atoms with E-state index in [1.54, 1.807) is 0 Å². The second kappa shape index (κ2) is 13.2. The molecule has 3 rings (SSSR count). The zero-order chi connectivity index (χ0) is 20.9. The Morgan fingerprint density at radius 1 is 0.733 bits per heavy atom. The van der Waals surface area contributed by atoms with Gasteiger partial charge in [-0.15, -0.1) is 23.5 Å². The summed E-state index contributed by atoms with van der Waals surface area (Å²) >= 11 is 3.75. The Hall–Kier alpha value is -2.17. The van der Waals surface area contributed by atoms with Gasteiger partial charge in [0.15, 0.2) is 0 Å². The molecule has 0 amide bonds. The van der Waals surface area contributed by atoms with E-state index < -0.39 is 0 Å². The molecule has 0 saturated heterocycles. The lowest BCUT2D eigenvalue weighted by Crippen LogP contribution is -2.08. The summed E-state index contributed by atoms with van der Waals surface area (Å²) in [5, 5.41) is 0. The number of carbonyl (C=O) groups excluding carboxylic acids is 1. The first-order valence-corrected chi connectivity index (χ1v) is 12.2. The Bertz CT molecular complexity index is 812. The average molecular weight is 437 g/mol. The minimum absolute atomic E-state index is 0.0890. The molecule has 0 radical (unpaired) electrons. The minimum atomic E-state index is -0.0890. The second-order valence-corrected chi connectivity index (χ2v) is 9.84. The zero-order valence-corrected chi connectivity index (χ0v) is 18.7. The summed E-state index contributed by atoms with van der Waals surface area (Å²) in [7, 11) is 0. The van der Waals surface area contributed by atoms with E-state index in [-0.39, 0.29) is 5.97 Å². The average Bonchev–Trinajstić information content (AvgIpc) is 2.79. The number of carbonyl (C=O) groups is 1. The van der Waals surface area contributed by atoms with Crippen molar-refractivity contribution in [2.24, 2.45) is 0 Å². The highest BCUT2D eigenvalue weighted by atomic mass is 32.2. The van der Waals surface area contributed by atoms with E-state index in [9.17, 15) is 4.79 Å². The molecular weight excluding hydrogens is 408 g/mol. The van der Waals surface area contributed by atoms with Gasteiger partial charge in [0.2, 0.25) is 0 Å². The summed E-state index contributed by atoms with van der Waals surface area (Å²) < 4.78 is 5.85. The van der Waals surface area contributed by atoms with E-state index in [1.807, 2.05) is 53.9 Å². The lowest BCUT2D eigenvalue weighted by Gasteiger charge is -2.16. The Labute approximate surface area is 188 Å². The van der Waals surface area contributed by atoms with Gasteiger partial charge >= 0.3 is 5.97 Å². The van der Waals surface area contributed by atoms with Crippen molar-refractivity contribution < 1.29 is 9.53 Å². The zero-order valence-electron chi connectivity index (χ0n) is 17.1. The van der Waals surface area contributed by atoms with Crippen molar-refractivity contribution in [1.29, 1.82) is 0 Å². The fourth-order valence-electron chi connectivity index (χ4n) is 3.03. The molecule has 156 valence electrons. The van der Waals surface area contributed by atoms with Gasteiger partial charge in [-0.3, -0.25) is 4.79 Å². The number of esters is 1. The molecule has 0 aromatic heterocycles. The van der Waals surface area contributed by atoms with Crippen LogP contribution >= 0.6 is 23.5 Å². The Kier molecular flexibility index (Phi) is 9.90. The first kappa shape index (κ1) is 22.5. The van der Waals surface area contributed by atoms with Crippen LogP contribution < -0.4 is 0 Å². The molecule has 2 nitrogen and oxygen atoms in total. The molecular formula is C26H28O2S2. The third-order valence-electron chi connectivity index (χ3n) is 4.56. The SMILES string of the molecule is O=C(CCCc1ccccc1)OCCCC(Sc1ccccc1)Sc1ccccc1. The summed E-state index contributed by atoms with van der Waals surface area (Å²) in [5.41, 5.74) is 1.27. The maximum absolute atomic E-state index is 12.0. The Morgan fingerprint density at radius 3 is 1.83 bits per heavy atom. The third-order valence-corrected chi connectivity index (χ3v) is 7.22. The van der Waals surface area contributed by atoms with Crippen LogP contribution in [-0.2, 0) is 16.0 Å². The number of thioether (sulfide) groups is 2. The summed E-state index contributed by atoms with van der Waals surface area (Å²) in [4.78, 5) is 14.6. The molecule has 0 atom stereocenters. The molecule has 0 fully saturated rings. The van der Waals surface area contributed by atoms with Crippen LogP contribution in [0.5, 0.6) is 0 Å². The maximum atomic E-state index is 12.0. The first-order valence-electron chi connectivity index (χ1n) is 10.4. The van der Waals surface area contributed by atoms with Crippen LogP contribution in [0, 0.1) is 0 Å². The van der Waals surface area contributed by atoms with Gasteiger partial charge in [0.25, 0.3) is 0 Å². The lowest BCUT2D eigenvalue weighted by atomic mass is 10.1. The van der Waals surface area contributed by atoms with Crippen LogP contribution in [0.15, 0.2) is 101 Å². The monoisotopic (exact) mass is 436 g/mol. The van der Waals surface area contributed by atoms with Crippen molar-refractivity contribution in [3.63, 3.8) is 0 Å². The number of ether oxygens (including phenoxy) is 1. The van der Waals surface area contributed by atoms with E-state index in [2.05, 4.69) is 60.7 Å². The summed E-state index contributed by atoms with van der Waals surface area (Å²) in [6.45, 7) is 0.491. The molecule has 3 aromatic rings. The van der Waals surface area contributed by atoms with Gasteiger partial charge in [-0.05, 0) is 55.5 Å². The van der Waals surface area contributed by atoms with Crippen molar-refractivity contribution in [2.45, 2.75) is 46.5 Å². The Morgan fingerprint density at radius 2 is 1.27 bits per heavy atom. The topological polar surface area (TPSA) is 26.3 Å². The van der Waals surface area contributed by atoms with Crippen LogP contribution in [0.2, 0.25) is 0 Å². The predicted molar refractivity (Wildman–Crippen MR) is 128 cm³/mol. The molecule has 0 spiro atoms. The van der Waals surface area contributed by atoms with Crippen LogP contribution in [-0.4, -0.2) is 17.2 Å². The van der Waals surface area contributed by atoms with Crippen molar-refractivity contribution >= 4 is 29.5 Å². The van der Waals surface area contributed by atoms with Crippen molar-refractivity contribution in [2.75, 3.05) is 6.61 Å². The first-order chi connectivity index (χ1) is 14.8. The fourth-order valence-corrected chi connectivity index (χ4v) is 5.70. The van der Waals surface area contributed by atoms with Crippen LogP contribution in [0.4, 0.5) is 0 Å².